The average Bonchev–Trinajstić information content (AvgIpc) is 1.47. The van der Waals surface area contributed by atoms with E-state index < -0.39 is 24.0 Å². The Bertz CT molecular complexity index is 1240. The normalized spacial score (nSPS) is 12.2. The molecule has 0 saturated carbocycles. The van der Waals surface area contributed by atoms with E-state index in [9.17, 15) is 19.8 Å². The molecule has 7 heteroatoms. The van der Waals surface area contributed by atoms with Crippen molar-refractivity contribution in [3.8, 4) is 0 Å². The van der Waals surface area contributed by atoms with Crippen molar-refractivity contribution in [1.29, 1.82) is 0 Å². The standard InChI is InChI=1S/2C45H91NO2.Ca/c2*1-4-6-8-10-12-14-16-18-20-22-24-26-28-30-32-34-36-38-40-42-46(44(3)45(47)48)43-41-39-37-35-33-31-29-27-25-23-21-19-17-15-13-11-9-7-5-2;/h2*44H,4-43H2,1-3H3,(H,47,48);/q;;+2/p-2. The third-order valence-electron chi connectivity index (χ3n) is 22.0. The number of unbranched alkanes of at least 4 members (excludes halogenated alkanes) is 72. The Balaban J connectivity index is -0.00000180. The molecule has 0 amide bonds. The molecule has 0 radical (unpaired) electrons. The van der Waals surface area contributed by atoms with Gasteiger partial charge < -0.3 is 19.8 Å². The molecule has 0 fully saturated rings. The molecule has 0 aromatic carbocycles. The van der Waals surface area contributed by atoms with Crippen molar-refractivity contribution in [2.45, 2.75) is 542 Å². The SMILES string of the molecule is CCCCCCCCCCCCCCCCCCCCCN(CCCCCCCCCCCCCCCCCCCCC)C(C)C(=O)[O-].CCCCCCCCCCCCCCCCCCCCCN(CCCCCCCCCCCCCCCCCCCCC)C(C)C(=O)[O-].[Ca+2]. The first-order valence-corrected chi connectivity index (χ1v) is 45.2. The van der Waals surface area contributed by atoms with Gasteiger partial charge in [0, 0.05) is 12.1 Å². The Morgan fingerprint density at radius 3 is 0.351 bits per heavy atom. The number of carbonyl (C=O) groups excluding carboxylic acids is 2. The van der Waals surface area contributed by atoms with E-state index in [1.54, 1.807) is 0 Å². The van der Waals surface area contributed by atoms with Crippen LogP contribution in [0.25, 0.3) is 0 Å². The zero-order chi connectivity index (χ0) is 70.0. The van der Waals surface area contributed by atoms with Gasteiger partial charge in [0.1, 0.15) is 0 Å². The quantitative estimate of drug-likeness (QED) is 0.0445. The molecule has 2 atom stereocenters. The van der Waals surface area contributed by atoms with Gasteiger partial charge in [-0.3, -0.25) is 9.80 Å². The number of hydrogen-bond donors (Lipinski definition) is 0. The maximum absolute atomic E-state index is 11.6. The molecular formula is C90H180CaN2O4. The number of nitrogens with zero attached hydrogens (tertiary/aromatic N) is 2. The van der Waals surface area contributed by atoms with Gasteiger partial charge in [0.05, 0.1) is 11.9 Å². The van der Waals surface area contributed by atoms with Crippen LogP contribution in [0.2, 0.25) is 0 Å². The van der Waals surface area contributed by atoms with Crippen LogP contribution in [-0.4, -0.2) is 97.7 Å². The van der Waals surface area contributed by atoms with Gasteiger partial charge in [0.2, 0.25) is 0 Å². The van der Waals surface area contributed by atoms with Crippen molar-refractivity contribution in [2.75, 3.05) is 26.2 Å². The van der Waals surface area contributed by atoms with Crippen LogP contribution in [0.15, 0.2) is 0 Å². The van der Waals surface area contributed by atoms with E-state index in [0.29, 0.717) is 0 Å². The first-order valence-electron chi connectivity index (χ1n) is 45.2. The van der Waals surface area contributed by atoms with Gasteiger partial charge in [-0.25, -0.2) is 0 Å². The second kappa shape index (κ2) is 90.3. The summed E-state index contributed by atoms with van der Waals surface area (Å²) in [5.74, 6) is -1.82. The summed E-state index contributed by atoms with van der Waals surface area (Å²) >= 11 is 0. The number of hydrogen-bond acceptors (Lipinski definition) is 6. The van der Waals surface area contributed by atoms with Crippen LogP contribution in [0.4, 0.5) is 0 Å². The van der Waals surface area contributed by atoms with Crippen molar-refractivity contribution >= 4 is 49.7 Å². The fourth-order valence-electron chi connectivity index (χ4n) is 14.9. The summed E-state index contributed by atoms with van der Waals surface area (Å²) in [4.78, 5) is 27.5. The minimum absolute atomic E-state index is 0. The molecule has 6 nitrogen and oxygen atoms in total. The maximum Gasteiger partial charge on any atom is 2.00 e. The Hall–Kier alpha value is 0.120. The van der Waals surface area contributed by atoms with E-state index in [1.165, 1.54) is 462 Å². The van der Waals surface area contributed by atoms with Gasteiger partial charge in [0.15, 0.2) is 0 Å². The molecule has 2 unspecified atom stereocenters. The molecule has 576 valence electrons. The zero-order valence-electron chi connectivity index (χ0n) is 68.0. The number of carboxylic acid groups (broad SMARTS) is 2. The molecule has 0 heterocycles. The molecule has 0 aliphatic carbocycles. The van der Waals surface area contributed by atoms with Gasteiger partial charge in [0.25, 0.3) is 0 Å². The minimum Gasteiger partial charge on any atom is -0.548 e. The third-order valence-corrected chi connectivity index (χ3v) is 22.0. The van der Waals surface area contributed by atoms with E-state index in [4.69, 9.17) is 0 Å². The molecule has 0 aromatic heterocycles. The smallest absolute Gasteiger partial charge is 0.548 e. The monoisotopic (exact) mass is 1390 g/mol. The van der Waals surface area contributed by atoms with E-state index in [1.807, 2.05) is 13.8 Å². The summed E-state index contributed by atoms with van der Waals surface area (Å²) in [6, 6.07) is -0.924. The van der Waals surface area contributed by atoms with E-state index in [0.717, 1.165) is 51.9 Å². The van der Waals surface area contributed by atoms with Crippen molar-refractivity contribution in [3.05, 3.63) is 0 Å². The molecule has 0 rings (SSSR count). The van der Waals surface area contributed by atoms with Crippen LogP contribution < -0.4 is 10.2 Å². The number of aliphatic carboxylic acids is 2. The molecule has 0 aliphatic rings. The van der Waals surface area contributed by atoms with Crippen LogP contribution in [0.1, 0.15) is 530 Å². The van der Waals surface area contributed by atoms with Gasteiger partial charge >= 0.3 is 37.7 Å². The Labute approximate surface area is 642 Å². The zero-order valence-corrected chi connectivity index (χ0v) is 70.2. The Morgan fingerprint density at radius 1 is 0.186 bits per heavy atom. The summed E-state index contributed by atoms with van der Waals surface area (Å²) in [5, 5.41) is 23.2. The van der Waals surface area contributed by atoms with Crippen molar-refractivity contribution in [2.24, 2.45) is 0 Å². The summed E-state index contributed by atoms with van der Waals surface area (Å²) in [6.45, 7) is 16.5. The topological polar surface area (TPSA) is 86.7 Å². The van der Waals surface area contributed by atoms with E-state index in [-0.39, 0.29) is 37.7 Å². The fraction of sp³-hybridized carbons (Fsp3) is 0.978. The Morgan fingerprint density at radius 2 is 0.268 bits per heavy atom. The molecule has 0 spiro atoms. The van der Waals surface area contributed by atoms with Crippen LogP contribution in [0, 0.1) is 0 Å². The summed E-state index contributed by atoms with van der Waals surface area (Å²) < 4.78 is 0. The largest absolute Gasteiger partial charge is 2.00 e. The molecular weight excluding hydrogens is 1210 g/mol. The van der Waals surface area contributed by atoms with Crippen LogP contribution in [0.3, 0.4) is 0 Å². The van der Waals surface area contributed by atoms with Crippen molar-refractivity contribution < 1.29 is 19.8 Å². The molecule has 0 saturated heterocycles. The average molecular weight is 1390 g/mol. The summed E-state index contributed by atoms with van der Waals surface area (Å²) in [7, 11) is 0. The first-order chi connectivity index (χ1) is 47.3. The van der Waals surface area contributed by atoms with Crippen LogP contribution in [0.5, 0.6) is 0 Å². The van der Waals surface area contributed by atoms with Gasteiger partial charge in [-0.1, -0.05) is 490 Å². The summed E-state index contributed by atoms with van der Waals surface area (Å²) in [5.41, 5.74) is 0. The predicted molar refractivity (Wildman–Crippen MR) is 431 cm³/mol. The fourth-order valence-corrected chi connectivity index (χ4v) is 14.9. The van der Waals surface area contributed by atoms with Crippen LogP contribution in [-0.2, 0) is 9.59 Å². The van der Waals surface area contributed by atoms with Gasteiger partial charge in [-0.05, 0) is 65.7 Å². The summed E-state index contributed by atoms with van der Waals surface area (Å²) in [6.07, 6.45) is 106. The second-order valence-electron chi connectivity index (χ2n) is 31.5. The first kappa shape index (κ1) is 101. The van der Waals surface area contributed by atoms with Gasteiger partial charge in [-0.15, -0.1) is 0 Å². The van der Waals surface area contributed by atoms with Crippen LogP contribution >= 0.6 is 0 Å². The third kappa shape index (κ3) is 84.9. The van der Waals surface area contributed by atoms with Crippen molar-refractivity contribution in [3.63, 3.8) is 0 Å². The molecule has 0 aliphatic heterocycles. The molecule has 0 aromatic rings. The molecule has 0 N–H and O–H groups in total. The molecule has 0 bridgehead atoms. The predicted octanol–water partition coefficient (Wildman–Crippen LogP) is 28.2. The van der Waals surface area contributed by atoms with Crippen molar-refractivity contribution in [1.82, 2.24) is 9.80 Å². The maximum atomic E-state index is 11.6. The number of rotatable bonds is 84. The second-order valence-corrected chi connectivity index (χ2v) is 31.5. The van der Waals surface area contributed by atoms with E-state index >= 15 is 0 Å². The van der Waals surface area contributed by atoms with Gasteiger partial charge in [-0.2, -0.15) is 0 Å². The van der Waals surface area contributed by atoms with E-state index in [2.05, 4.69) is 37.5 Å². The molecule has 97 heavy (non-hydrogen) atoms. The minimum atomic E-state index is -0.911. The number of carboxylic acids is 2. The Kier molecular flexibility index (Phi) is 94.3. The number of carbonyl (C=O) groups is 2.